The van der Waals surface area contributed by atoms with Gasteiger partial charge in [-0.2, -0.15) is 0 Å². The molecule has 0 atom stereocenters. The second kappa shape index (κ2) is 5.69. The van der Waals surface area contributed by atoms with Crippen LogP contribution in [0.25, 0.3) is 23.3 Å². The molecule has 0 bridgehead atoms. The minimum absolute atomic E-state index is 0.0129. The first-order valence-corrected chi connectivity index (χ1v) is 6.53. The highest BCUT2D eigenvalue weighted by Gasteiger charge is 2.10. The molecule has 6 nitrogen and oxygen atoms in total. The molecule has 6 heteroatoms. The van der Waals surface area contributed by atoms with Crippen molar-refractivity contribution in [1.29, 1.82) is 0 Å². The van der Waals surface area contributed by atoms with E-state index in [0.29, 0.717) is 17.0 Å². The second-order valence-corrected chi connectivity index (χ2v) is 4.54. The summed E-state index contributed by atoms with van der Waals surface area (Å²) in [5, 5.41) is 10.8. The van der Waals surface area contributed by atoms with Crippen molar-refractivity contribution in [3.05, 3.63) is 64.0 Å². The minimum Gasteiger partial charge on any atom is -0.496 e. The van der Waals surface area contributed by atoms with Crippen LogP contribution in [-0.2, 0) is 0 Å². The number of ether oxygens (including phenoxy) is 1. The number of non-ortho nitro benzene ring substituents is 1. The number of hydrogen-bond donors (Lipinski definition) is 0. The van der Waals surface area contributed by atoms with Crippen molar-refractivity contribution in [2.75, 3.05) is 7.11 Å². The van der Waals surface area contributed by atoms with E-state index >= 15 is 0 Å². The molecule has 0 N–H and O–H groups in total. The molecule has 0 radical (unpaired) electrons. The molecule has 3 aromatic rings. The van der Waals surface area contributed by atoms with Gasteiger partial charge in [0.1, 0.15) is 11.3 Å². The Labute approximate surface area is 125 Å². The Balaban J connectivity index is 1.93. The number of nitro groups is 1. The highest BCUT2D eigenvalue weighted by molar-refractivity contribution is 5.78. The van der Waals surface area contributed by atoms with Gasteiger partial charge in [-0.25, -0.2) is 4.98 Å². The monoisotopic (exact) mass is 296 g/mol. The SMILES string of the molecule is COc1ccccc1/C=C/c1nc2cc([N+](=O)[O-])ccc2o1. The molecular formula is C16H12N2O4. The van der Waals surface area contributed by atoms with E-state index in [1.807, 2.05) is 30.3 Å². The summed E-state index contributed by atoms with van der Waals surface area (Å²) in [7, 11) is 1.60. The first-order valence-electron chi connectivity index (χ1n) is 6.53. The lowest BCUT2D eigenvalue weighted by molar-refractivity contribution is -0.384. The standard InChI is InChI=1S/C16H12N2O4/c1-21-14-5-3-2-4-11(14)6-9-16-17-13-10-12(18(19)20)7-8-15(13)22-16/h2-10H,1H3/b9-6+. The first kappa shape index (κ1) is 13.8. The van der Waals surface area contributed by atoms with Crippen LogP contribution in [0.3, 0.4) is 0 Å². The van der Waals surface area contributed by atoms with Crippen LogP contribution < -0.4 is 4.74 Å². The molecule has 110 valence electrons. The molecular weight excluding hydrogens is 284 g/mol. The summed E-state index contributed by atoms with van der Waals surface area (Å²) >= 11 is 0. The lowest BCUT2D eigenvalue weighted by Gasteiger charge is -2.02. The van der Waals surface area contributed by atoms with Gasteiger partial charge in [-0.1, -0.05) is 18.2 Å². The Bertz CT molecular complexity index is 867. The second-order valence-electron chi connectivity index (χ2n) is 4.54. The highest BCUT2D eigenvalue weighted by Crippen LogP contribution is 2.24. The maximum absolute atomic E-state index is 10.8. The number of nitrogens with zero attached hydrogens (tertiary/aromatic N) is 2. The van der Waals surface area contributed by atoms with Gasteiger partial charge in [0.25, 0.3) is 5.69 Å². The van der Waals surface area contributed by atoms with Crippen LogP contribution in [0, 0.1) is 10.1 Å². The van der Waals surface area contributed by atoms with Gasteiger partial charge in [-0.15, -0.1) is 0 Å². The van der Waals surface area contributed by atoms with Crippen molar-refractivity contribution in [2.45, 2.75) is 0 Å². The van der Waals surface area contributed by atoms with Crippen molar-refractivity contribution in [3.63, 3.8) is 0 Å². The van der Waals surface area contributed by atoms with E-state index in [1.54, 1.807) is 19.3 Å². The number of benzene rings is 2. The topological polar surface area (TPSA) is 78.4 Å². The van der Waals surface area contributed by atoms with Crippen LogP contribution in [0.1, 0.15) is 11.5 Å². The van der Waals surface area contributed by atoms with E-state index in [-0.39, 0.29) is 5.69 Å². The van der Waals surface area contributed by atoms with E-state index in [9.17, 15) is 10.1 Å². The number of nitro benzene ring substituents is 1. The van der Waals surface area contributed by atoms with Crippen molar-refractivity contribution in [2.24, 2.45) is 0 Å². The highest BCUT2D eigenvalue weighted by atomic mass is 16.6. The van der Waals surface area contributed by atoms with Crippen molar-refractivity contribution < 1.29 is 14.1 Å². The number of aromatic nitrogens is 1. The number of rotatable bonds is 4. The molecule has 0 saturated carbocycles. The van der Waals surface area contributed by atoms with Crippen LogP contribution in [0.5, 0.6) is 5.75 Å². The van der Waals surface area contributed by atoms with Crippen LogP contribution in [0.2, 0.25) is 0 Å². The maximum atomic E-state index is 10.8. The van der Waals surface area contributed by atoms with Gasteiger partial charge in [0.15, 0.2) is 5.58 Å². The summed E-state index contributed by atoms with van der Waals surface area (Å²) in [5.41, 5.74) is 1.83. The number of hydrogen-bond acceptors (Lipinski definition) is 5. The molecule has 22 heavy (non-hydrogen) atoms. The van der Waals surface area contributed by atoms with Crippen LogP contribution in [0.15, 0.2) is 46.9 Å². The first-order chi connectivity index (χ1) is 10.7. The van der Waals surface area contributed by atoms with Crippen LogP contribution in [0.4, 0.5) is 5.69 Å². The van der Waals surface area contributed by atoms with Gasteiger partial charge in [0, 0.05) is 23.8 Å². The zero-order chi connectivity index (χ0) is 15.5. The maximum Gasteiger partial charge on any atom is 0.271 e. The average molecular weight is 296 g/mol. The third kappa shape index (κ3) is 2.67. The van der Waals surface area contributed by atoms with Crippen molar-refractivity contribution >= 4 is 28.9 Å². The summed E-state index contributed by atoms with van der Waals surface area (Å²) in [6.07, 6.45) is 3.52. The smallest absolute Gasteiger partial charge is 0.271 e. The Hall–Kier alpha value is -3.15. The summed E-state index contributed by atoms with van der Waals surface area (Å²) in [5.74, 6) is 1.12. The molecule has 0 aliphatic rings. The summed E-state index contributed by atoms with van der Waals surface area (Å²) in [4.78, 5) is 14.5. The largest absolute Gasteiger partial charge is 0.496 e. The molecule has 0 saturated heterocycles. The van der Waals surface area contributed by atoms with E-state index in [2.05, 4.69) is 4.98 Å². The van der Waals surface area contributed by atoms with Gasteiger partial charge in [-0.3, -0.25) is 10.1 Å². The minimum atomic E-state index is -0.460. The fourth-order valence-electron chi connectivity index (χ4n) is 2.08. The normalized spacial score (nSPS) is 11.1. The molecule has 0 aliphatic heterocycles. The van der Waals surface area contributed by atoms with Crippen LogP contribution in [-0.4, -0.2) is 17.0 Å². The lowest BCUT2D eigenvalue weighted by atomic mass is 10.2. The molecule has 1 aromatic heterocycles. The molecule has 3 rings (SSSR count). The number of fused-ring (bicyclic) bond motifs is 1. The molecule has 0 amide bonds. The van der Waals surface area contributed by atoms with E-state index < -0.39 is 4.92 Å². The van der Waals surface area contributed by atoms with Gasteiger partial charge >= 0.3 is 0 Å². The summed E-state index contributed by atoms with van der Waals surface area (Å²) in [6, 6.07) is 11.9. The third-order valence-electron chi connectivity index (χ3n) is 3.14. The Morgan fingerprint density at radius 3 is 2.82 bits per heavy atom. The zero-order valence-electron chi connectivity index (χ0n) is 11.7. The summed E-state index contributed by atoms with van der Waals surface area (Å²) < 4.78 is 10.8. The number of methoxy groups -OCH3 is 1. The predicted molar refractivity (Wildman–Crippen MR) is 82.6 cm³/mol. The van der Waals surface area contributed by atoms with Gasteiger partial charge in [-0.05, 0) is 18.2 Å². The molecule has 2 aromatic carbocycles. The molecule has 0 unspecified atom stereocenters. The molecule has 1 heterocycles. The Kier molecular flexibility index (Phi) is 3.57. The van der Waals surface area contributed by atoms with E-state index in [1.165, 1.54) is 12.1 Å². The van der Waals surface area contributed by atoms with Crippen LogP contribution >= 0.6 is 0 Å². The molecule has 0 aliphatic carbocycles. The van der Waals surface area contributed by atoms with Crippen molar-refractivity contribution in [3.8, 4) is 5.75 Å². The predicted octanol–water partition coefficient (Wildman–Crippen LogP) is 3.92. The fraction of sp³-hybridized carbons (Fsp3) is 0.0625. The van der Waals surface area contributed by atoms with E-state index in [0.717, 1.165) is 11.3 Å². The molecule has 0 spiro atoms. The van der Waals surface area contributed by atoms with Gasteiger partial charge in [0.05, 0.1) is 12.0 Å². The summed E-state index contributed by atoms with van der Waals surface area (Å²) in [6.45, 7) is 0. The average Bonchev–Trinajstić information content (AvgIpc) is 2.95. The fourth-order valence-corrected chi connectivity index (χ4v) is 2.08. The zero-order valence-corrected chi connectivity index (χ0v) is 11.7. The number of para-hydroxylation sites is 1. The molecule has 0 fully saturated rings. The van der Waals surface area contributed by atoms with Crippen molar-refractivity contribution in [1.82, 2.24) is 4.98 Å². The quantitative estimate of drug-likeness (QED) is 0.538. The Morgan fingerprint density at radius 2 is 2.05 bits per heavy atom. The van der Waals surface area contributed by atoms with Gasteiger partial charge < -0.3 is 9.15 Å². The van der Waals surface area contributed by atoms with E-state index in [4.69, 9.17) is 9.15 Å². The third-order valence-corrected chi connectivity index (χ3v) is 3.14. The number of oxazole rings is 1. The Morgan fingerprint density at radius 1 is 1.23 bits per heavy atom. The van der Waals surface area contributed by atoms with Gasteiger partial charge in [0.2, 0.25) is 5.89 Å². The lowest BCUT2D eigenvalue weighted by Crippen LogP contribution is -1.86.